The molecule has 2 N–H and O–H groups in total. The molecule has 0 aromatic carbocycles. The van der Waals surface area contributed by atoms with Crippen LogP contribution in [0.3, 0.4) is 0 Å². The van der Waals surface area contributed by atoms with Crippen molar-refractivity contribution in [2.75, 3.05) is 6.54 Å². The van der Waals surface area contributed by atoms with Crippen molar-refractivity contribution in [3.8, 4) is 0 Å². The summed E-state index contributed by atoms with van der Waals surface area (Å²) in [6.45, 7) is 7.78. The van der Waals surface area contributed by atoms with Gasteiger partial charge in [-0.3, -0.25) is 0 Å². The minimum absolute atomic E-state index is 0.000880. The minimum Gasteiger partial charge on any atom is -0.370 e. The molecule has 2 aliphatic rings. The number of hydrogen-bond acceptors (Lipinski definition) is 2. The average Bonchev–Trinajstić information content (AvgIpc) is 2.27. The lowest BCUT2D eigenvalue weighted by molar-refractivity contribution is -0.135. The van der Waals surface area contributed by atoms with Gasteiger partial charge in [0.15, 0.2) is 0 Å². The van der Waals surface area contributed by atoms with Crippen LogP contribution in [0.2, 0.25) is 0 Å². The van der Waals surface area contributed by atoms with Gasteiger partial charge in [0.1, 0.15) is 0 Å². The Labute approximate surface area is 113 Å². The molecular formula is C16H31NO. The molecular weight excluding hydrogens is 222 g/mol. The van der Waals surface area contributed by atoms with Crippen molar-refractivity contribution in [1.82, 2.24) is 0 Å². The highest BCUT2D eigenvalue weighted by atomic mass is 16.5. The third-order valence-electron chi connectivity index (χ3n) is 4.97. The lowest BCUT2D eigenvalue weighted by Gasteiger charge is -2.44. The van der Waals surface area contributed by atoms with Crippen LogP contribution in [-0.4, -0.2) is 18.2 Å². The van der Waals surface area contributed by atoms with E-state index in [1.165, 1.54) is 44.9 Å². The molecule has 106 valence electrons. The molecule has 0 radical (unpaired) electrons. The molecule has 0 aromatic rings. The first-order chi connectivity index (χ1) is 8.53. The summed E-state index contributed by atoms with van der Waals surface area (Å²) < 4.78 is 6.56. The first kappa shape index (κ1) is 14.3. The van der Waals surface area contributed by atoms with Gasteiger partial charge in [-0.15, -0.1) is 0 Å². The lowest BCUT2D eigenvalue weighted by atomic mass is 9.77. The van der Waals surface area contributed by atoms with Gasteiger partial charge in [0.2, 0.25) is 0 Å². The van der Waals surface area contributed by atoms with Crippen LogP contribution in [-0.2, 0) is 4.74 Å². The Balaban J connectivity index is 1.96. The van der Waals surface area contributed by atoms with Crippen molar-refractivity contribution < 1.29 is 4.74 Å². The van der Waals surface area contributed by atoms with E-state index >= 15 is 0 Å². The van der Waals surface area contributed by atoms with Gasteiger partial charge >= 0.3 is 0 Å². The van der Waals surface area contributed by atoms with Crippen molar-refractivity contribution in [2.45, 2.75) is 77.4 Å². The number of nitrogens with two attached hydrogens (primary N) is 1. The normalized spacial score (nSPS) is 46.0. The molecule has 18 heavy (non-hydrogen) atoms. The average molecular weight is 253 g/mol. The van der Waals surface area contributed by atoms with E-state index in [9.17, 15) is 0 Å². The second kappa shape index (κ2) is 5.92. The van der Waals surface area contributed by atoms with E-state index in [4.69, 9.17) is 10.5 Å². The van der Waals surface area contributed by atoms with E-state index < -0.39 is 0 Å². The van der Waals surface area contributed by atoms with E-state index in [0.29, 0.717) is 12.6 Å². The summed E-state index contributed by atoms with van der Waals surface area (Å²) in [4.78, 5) is 0. The third kappa shape index (κ3) is 3.48. The Bertz CT molecular complexity index is 258. The van der Waals surface area contributed by atoms with Gasteiger partial charge in [-0.1, -0.05) is 33.6 Å². The number of hydrogen-bond donors (Lipinski definition) is 1. The van der Waals surface area contributed by atoms with Gasteiger partial charge in [-0.05, 0) is 49.9 Å². The Hall–Kier alpha value is -0.0800. The molecule has 2 heteroatoms. The molecule has 0 saturated heterocycles. The zero-order valence-electron chi connectivity index (χ0n) is 12.5. The molecule has 4 unspecified atom stereocenters. The molecule has 0 heterocycles. The summed E-state index contributed by atoms with van der Waals surface area (Å²) in [5.41, 5.74) is 6.06. The van der Waals surface area contributed by atoms with E-state index in [2.05, 4.69) is 20.8 Å². The minimum atomic E-state index is -0.000880. The van der Waals surface area contributed by atoms with Crippen LogP contribution in [0, 0.1) is 17.8 Å². The molecule has 0 spiro atoms. The predicted molar refractivity (Wildman–Crippen MR) is 76.5 cm³/mol. The number of rotatable bonds is 3. The second-order valence-electron chi connectivity index (χ2n) is 7.25. The highest BCUT2D eigenvalue weighted by Crippen LogP contribution is 2.39. The Morgan fingerprint density at radius 2 is 1.72 bits per heavy atom. The maximum atomic E-state index is 6.56. The summed E-state index contributed by atoms with van der Waals surface area (Å²) >= 11 is 0. The smallest absolute Gasteiger partial charge is 0.0810 e. The first-order valence-corrected chi connectivity index (χ1v) is 7.91. The van der Waals surface area contributed by atoms with E-state index in [-0.39, 0.29) is 5.60 Å². The van der Waals surface area contributed by atoms with Gasteiger partial charge in [-0.25, -0.2) is 0 Å². The lowest BCUT2D eigenvalue weighted by Crippen LogP contribution is -2.48. The van der Waals surface area contributed by atoms with Gasteiger partial charge in [-0.2, -0.15) is 0 Å². The molecule has 0 amide bonds. The van der Waals surface area contributed by atoms with Crippen LogP contribution in [0.4, 0.5) is 0 Å². The van der Waals surface area contributed by atoms with Crippen LogP contribution in [0.15, 0.2) is 0 Å². The Morgan fingerprint density at radius 1 is 1.06 bits per heavy atom. The first-order valence-electron chi connectivity index (χ1n) is 7.91. The number of ether oxygens (including phenoxy) is 1. The molecule has 2 aliphatic carbocycles. The topological polar surface area (TPSA) is 35.2 Å². The maximum Gasteiger partial charge on any atom is 0.0810 e. The summed E-state index contributed by atoms with van der Waals surface area (Å²) in [6.07, 6.45) is 9.28. The fourth-order valence-corrected chi connectivity index (χ4v) is 4.28. The van der Waals surface area contributed by atoms with Gasteiger partial charge < -0.3 is 10.5 Å². The summed E-state index contributed by atoms with van der Waals surface area (Å²) in [7, 11) is 0. The van der Waals surface area contributed by atoms with Crippen LogP contribution in [0.25, 0.3) is 0 Å². The van der Waals surface area contributed by atoms with E-state index in [0.717, 1.165) is 17.8 Å². The van der Waals surface area contributed by atoms with Crippen molar-refractivity contribution in [3.05, 3.63) is 0 Å². The maximum absolute atomic E-state index is 6.56. The van der Waals surface area contributed by atoms with Crippen molar-refractivity contribution in [1.29, 1.82) is 0 Å². The summed E-state index contributed by atoms with van der Waals surface area (Å²) in [6, 6.07) is 0. The van der Waals surface area contributed by atoms with Gasteiger partial charge in [0, 0.05) is 6.54 Å². The monoisotopic (exact) mass is 253 g/mol. The zero-order valence-corrected chi connectivity index (χ0v) is 12.5. The highest BCUT2D eigenvalue weighted by Gasteiger charge is 2.38. The van der Waals surface area contributed by atoms with Crippen molar-refractivity contribution in [2.24, 2.45) is 23.5 Å². The SMILES string of the molecule is CC1CC(C)CC(OC2(CN)CCCC(C)C2)C1. The van der Waals surface area contributed by atoms with Crippen LogP contribution in [0.1, 0.15) is 65.7 Å². The van der Waals surface area contributed by atoms with E-state index in [1.807, 2.05) is 0 Å². The van der Waals surface area contributed by atoms with Crippen molar-refractivity contribution in [3.63, 3.8) is 0 Å². The van der Waals surface area contributed by atoms with Crippen LogP contribution >= 0.6 is 0 Å². The standard InChI is InChI=1S/C16H31NO/c1-12-5-4-6-16(10-12,11-17)18-15-8-13(2)7-14(3)9-15/h12-15H,4-11,17H2,1-3H3. The molecule has 0 bridgehead atoms. The summed E-state index contributed by atoms with van der Waals surface area (Å²) in [5.74, 6) is 2.41. The molecule has 2 saturated carbocycles. The molecule has 2 rings (SSSR count). The third-order valence-corrected chi connectivity index (χ3v) is 4.97. The quantitative estimate of drug-likeness (QED) is 0.831. The second-order valence-corrected chi connectivity index (χ2v) is 7.25. The molecule has 2 fully saturated rings. The predicted octanol–water partition coefficient (Wildman–Crippen LogP) is 3.74. The zero-order chi connectivity index (χ0) is 13.2. The Morgan fingerprint density at radius 3 is 2.28 bits per heavy atom. The van der Waals surface area contributed by atoms with Crippen LogP contribution in [0.5, 0.6) is 0 Å². The van der Waals surface area contributed by atoms with E-state index in [1.54, 1.807) is 0 Å². The van der Waals surface area contributed by atoms with Gasteiger partial charge in [0.05, 0.1) is 11.7 Å². The Kier molecular flexibility index (Phi) is 4.71. The molecule has 0 aromatic heterocycles. The summed E-state index contributed by atoms with van der Waals surface area (Å²) in [5, 5.41) is 0. The van der Waals surface area contributed by atoms with Gasteiger partial charge in [0.25, 0.3) is 0 Å². The molecule has 4 atom stereocenters. The van der Waals surface area contributed by atoms with Crippen LogP contribution < -0.4 is 5.73 Å². The highest BCUT2D eigenvalue weighted by molar-refractivity contribution is 4.90. The van der Waals surface area contributed by atoms with Crippen molar-refractivity contribution >= 4 is 0 Å². The molecule has 0 aliphatic heterocycles. The fraction of sp³-hybridized carbons (Fsp3) is 1.00. The fourth-order valence-electron chi connectivity index (χ4n) is 4.28. The largest absolute Gasteiger partial charge is 0.370 e. The molecule has 2 nitrogen and oxygen atoms in total.